The van der Waals surface area contributed by atoms with Crippen LogP contribution in [0.15, 0.2) is 0 Å². The fourth-order valence-electron chi connectivity index (χ4n) is 1.06. The van der Waals surface area contributed by atoms with Crippen molar-refractivity contribution in [2.45, 2.75) is 59.2 Å². The van der Waals surface area contributed by atoms with Gasteiger partial charge in [-0.3, -0.25) is 28.8 Å². The van der Waals surface area contributed by atoms with E-state index < -0.39 is 66.2 Å². The molecular weight excluding hydrogens is 500 g/mol. The number of esters is 3. The SMILES string of the molecule is CC(=O)C(=O)OC(C)C(=O)O.CC(=O)OC=O.CCOC(=O)CCC(=O)O.O=C(O)CC(O)C(=O)O. The molecule has 0 saturated carbocycles. The lowest BCUT2D eigenvalue weighted by atomic mass is 10.3. The van der Waals surface area contributed by atoms with Crippen molar-refractivity contribution < 1.29 is 82.9 Å². The molecule has 0 rings (SSSR count). The number of aliphatic hydroxyl groups excluding tert-OH is 1. The van der Waals surface area contributed by atoms with Crippen LogP contribution < -0.4 is 0 Å². The zero-order chi connectivity index (χ0) is 29.4. The fourth-order valence-corrected chi connectivity index (χ4v) is 1.06. The summed E-state index contributed by atoms with van der Waals surface area (Å²) in [5.41, 5.74) is 0. The minimum Gasteiger partial charge on any atom is -0.481 e. The van der Waals surface area contributed by atoms with E-state index in [1.54, 1.807) is 6.92 Å². The van der Waals surface area contributed by atoms with Gasteiger partial charge >= 0.3 is 48.3 Å². The third kappa shape index (κ3) is 34.2. The Morgan fingerprint density at radius 1 is 0.833 bits per heavy atom. The number of aliphatic hydroxyl groups is 1. The number of rotatable bonds is 11. The third-order valence-corrected chi connectivity index (χ3v) is 2.63. The molecule has 17 nitrogen and oxygen atoms in total. The van der Waals surface area contributed by atoms with Crippen molar-refractivity contribution in [2.24, 2.45) is 0 Å². The van der Waals surface area contributed by atoms with Crippen LogP contribution in [0.4, 0.5) is 0 Å². The van der Waals surface area contributed by atoms with E-state index in [4.69, 9.17) is 25.5 Å². The molecule has 0 amide bonds. The van der Waals surface area contributed by atoms with Crippen molar-refractivity contribution in [3.05, 3.63) is 0 Å². The van der Waals surface area contributed by atoms with Gasteiger partial charge < -0.3 is 39.7 Å². The Bertz CT molecular complexity index is 770. The first-order valence-electron chi connectivity index (χ1n) is 9.47. The van der Waals surface area contributed by atoms with Crippen molar-refractivity contribution in [3.63, 3.8) is 0 Å². The third-order valence-electron chi connectivity index (χ3n) is 2.63. The molecule has 0 aliphatic rings. The molecule has 5 N–H and O–H groups in total. The molecular formula is C19H28O17. The summed E-state index contributed by atoms with van der Waals surface area (Å²) in [7, 11) is 0. The summed E-state index contributed by atoms with van der Waals surface area (Å²) in [6.07, 6.45) is -4.01. The molecule has 0 aliphatic heterocycles. The molecule has 206 valence electrons. The molecule has 2 unspecified atom stereocenters. The highest BCUT2D eigenvalue weighted by Gasteiger charge is 2.18. The topological polar surface area (TPSA) is 282 Å². The summed E-state index contributed by atoms with van der Waals surface area (Å²) in [6, 6.07) is 0. The van der Waals surface area contributed by atoms with Crippen molar-refractivity contribution >= 4 is 54.0 Å². The second-order valence-electron chi connectivity index (χ2n) is 5.80. The Kier molecular flexibility index (Phi) is 25.6. The average Bonchev–Trinajstić information content (AvgIpc) is 2.73. The lowest BCUT2D eigenvalue weighted by molar-refractivity contribution is -0.165. The Hall–Kier alpha value is -4.41. The van der Waals surface area contributed by atoms with Crippen molar-refractivity contribution in [1.82, 2.24) is 0 Å². The second kappa shape index (κ2) is 23.7. The number of aliphatic carboxylic acids is 4. The number of carboxylic acids is 4. The van der Waals surface area contributed by atoms with Gasteiger partial charge in [-0.05, 0) is 13.8 Å². The average molecular weight is 528 g/mol. The normalized spacial score (nSPS) is 10.4. The first-order valence-corrected chi connectivity index (χ1v) is 9.47. The largest absolute Gasteiger partial charge is 0.481 e. The monoisotopic (exact) mass is 528 g/mol. The number of carboxylic acid groups (broad SMARTS) is 4. The van der Waals surface area contributed by atoms with Crippen LogP contribution in [-0.4, -0.2) is 98.4 Å². The van der Waals surface area contributed by atoms with Crippen LogP contribution in [0.1, 0.15) is 47.0 Å². The van der Waals surface area contributed by atoms with E-state index in [1.807, 2.05) is 0 Å². The Labute approximate surface area is 203 Å². The first-order chi connectivity index (χ1) is 16.4. The molecule has 0 aromatic heterocycles. The minimum absolute atomic E-state index is 0.0385. The number of carbonyl (C=O) groups is 9. The summed E-state index contributed by atoms with van der Waals surface area (Å²) < 4.78 is 12.4. The number of hydrogen-bond acceptors (Lipinski definition) is 13. The highest BCUT2D eigenvalue weighted by atomic mass is 16.6. The highest BCUT2D eigenvalue weighted by molar-refractivity contribution is 6.32. The van der Waals surface area contributed by atoms with Gasteiger partial charge in [0, 0.05) is 13.8 Å². The van der Waals surface area contributed by atoms with Crippen LogP contribution >= 0.6 is 0 Å². The molecule has 0 aliphatic carbocycles. The zero-order valence-electron chi connectivity index (χ0n) is 19.7. The standard InChI is InChI=1S/C6H8O5.C6H10O4.C4H6O5.C3H4O3/c1-3(7)6(10)11-4(2)5(8)9;1-2-10-6(9)4-3-5(7)8;5-2(4(8)9)1-3(6)7;1-3(5)6-2-4/h4H,1-2H3,(H,8,9);2-4H2,1H3,(H,7,8);2,5H,1H2,(H,6,7)(H,8,9);2H,1H3. The van der Waals surface area contributed by atoms with E-state index in [-0.39, 0.29) is 19.3 Å². The van der Waals surface area contributed by atoms with E-state index in [9.17, 15) is 43.2 Å². The van der Waals surface area contributed by atoms with E-state index in [2.05, 4.69) is 14.2 Å². The molecule has 0 radical (unpaired) electrons. The van der Waals surface area contributed by atoms with Gasteiger partial charge in [0.15, 0.2) is 12.2 Å². The smallest absolute Gasteiger partial charge is 0.375 e. The van der Waals surface area contributed by atoms with Crippen LogP contribution in [0.5, 0.6) is 0 Å². The van der Waals surface area contributed by atoms with Crippen LogP contribution in [0.25, 0.3) is 0 Å². The van der Waals surface area contributed by atoms with Crippen LogP contribution in [0.2, 0.25) is 0 Å². The van der Waals surface area contributed by atoms with E-state index in [1.165, 1.54) is 6.92 Å². The maximum absolute atomic E-state index is 10.5. The summed E-state index contributed by atoms with van der Waals surface area (Å²) in [5, 5.41) is 40.5. The number of carbonyl (C=O) groups excluding carboxylic acids is 5. The van der Waals surface area contributed by atoms with Gasteiger partial charge in [0.05, 0.1) is 25.9 Å². The molecule has 0 aromatic carbocycles. The maximum Gasteiger partial charge on any atom is 0.375 e. The van der Waals surface area contributed by atoms with Gasteiger partial charge in [-0.15, -0.1) is 0 Å². The predicted octanol–water partition coefficient (Wildman–Crippen LogP) is -1.38. The first kappa shape index (κ1) is 38.8. The highest BCUT2D eigenvalue weighted by Crippen LogP contribution is 1.92. The van der Waals surface area contributed by atoms with Gasteiger partial charge in [0.25, 0.3) is 0 Å². The van der Waals surface area contributed by atoms with Gasteiger partial charge in [0.2, 0.25) is 5.78 Å². The Balaban J connectivity index is -0.000000193. The minimum atomic E-state index is -1.79. The molecule has 0 heterocycles. The number of Topliss-reactive ketones (excluding diaryl/α,β-unsaturated/α-hetero) is 1. The van der Waals surface area contributed by atoms with Gasteiger partial charge in [-0.1, -0.05) is 0 Å². The second-order valence-corrected chi connectivity index (χ2v) is 5.80. The maximum atomic E-state index is 10.5. The van der Waals surface area contributed by atoms with Gasteiger partial charge in [-0.2, -0.15) is 0 Å². The Morgan fingerprint density at radius 3 is 1.56 bits per heavy atom. The lowest BCUT2D eigenvalue weighted by Crippen LogP contribution is -2.26. The van der Waals surface area contributed by atoms with Gasteiger partial charge in [0.1, 0.15) is 0 Å². The van der Waals surface area contributed by atoms with Crippen LogP contribution in [0, 0.1) is 0 Å². The summed E-state index contributed by atoms with van der Waals surface area (Å²) in [6.45, 7) is 5.42. The van der Waals surface area contributed by atoms with E-state index in [0.29, 0.717) is 6.61 Å². The molecule has 0 spiro atoms. The molecule has 0 bridgehead atoms. The van der Waals surface area contributed by atoms with Crippen molar-refractivity contribution in [1.29, 1.82) is 0 Å². The number of ether oxygens (including phenoxy) is 3. The lowest BCUT2D eigenvalue weighted by Gasteiger charge is -2.05. The molecule has 0 fully saturated rings. The van der Waals surface area contributed by atoms with Crippen LogP contribution in [-0.2, 0) is 57.4 Å². The molecule has 17 heteroatoms. The Morgan fingerprint density at radius 2 is 1.33 bits per heavy atom. The zero-order valence-corrected chi connectivity index (χ0v) is 19.7. The summed E-state index contributed by atoms with van der Waals surface area (Å²) >= 11 is 0. The van der Waals surface area contributed by atoms with Gasteiger partial charge in [-0.25, -0.2) is 14.4 Å². The molecule has 0 saturated heterocycles. The molecule has 2 atom stereocenters. The number of ketones is 1. The van der Waals surface area contributed by atoms with Crippen LogP contribution in [0.3, 0.4) is 0 Å². The van der Waals surface area contributed by atoms with Crippen molar-refractivity contribution in [2.75, 3.05) is 6.61 Å². The summed E-state index contributed by atoms with van der Waals surface area (Å²) in [5.74, 6) is -8.07. The predicted molar refractivity (Wildman–Crippen MR) is 111 cm³/mol. The quantitative estimate of drug-likeness (QED) is 0.0678. The van der Waals surface area contributed by atoms with Crippen molar-refractivity contribution in [3.8, 4) is 0 Å². The fraction of sp³-hybridized carbons (Fsp3) is 0.526. The molecule has 36 heavy (non-hydrogen) atoms. The summed E-state index contributed by atoms with van der Waals surface area (Å²) in [4.78, 5) is 89.3. The van der Waals surface area contributed by atoms with E-state index >= 15 is 0 Å². The molecule has 0 aromatic rings. The van der Waals surface area contributed by atoms with E-state index in [0.717, 1.165) is 13.8 Å². The number of hydrogen-bond donors (Lipinski definition) is 5.